The molecule has 84 valence electrons. The Morgan fingerprint density at radius 1 is 1.47 bits per heavy atom. The molecule has 1 aromatic rings. The fraction of sp³-hybridized carbons (Fsp3) is 0.500. The molecule has 1 heterocycles. The fourth-order valence-corrected chi connectivity index (χ4v) is 2.42. The molecule has 0 atom stereocenters. The lowest BCUT2D eigenvalue weighted by Crippen LogP contribution is -2.26. The van der Waals surface area contributed by atoms with Gasteiger partial charge < -0.3 is 10.6 Å². The van der Waals surface area contributed by atoms with Crippen LogP contribution in [0.1, 0.15) is 23.0 Å². The van der Waals surface area contributed by atoms with E-state index in [0.717, 1.165) is 34.7 Å². The highest BCUT2D eigenvalue weighted by Gasteiger charge is 2.06. The third kappa shape index (κ3) is 4.77. The summed E-state index contributed by atoms with van der Waals surface area (Å²) in [6.07, 6.45) is 0.964. The monoisotopic (exact) mass is 290 g/mol. The molecule has 2 N–H and O–H groups in total. The van der Waals surface area contributed by atoms with E-state index in [2.05, 4.69) is 33.5 Å². The predicted octanol–water partition coefficient (Wildman–Crippen LogP) is 2.24. The number of carbonyl (C=O) groups excluding carboxylic acids is 1. The van der Waals surface area contributed by atoms with E-state index in [9.17, 15) is 4.79 Å². The number of hydrogen-bond acceptors (Lipinski definition) is 3. The lowest BCUT2D eigenvalue weighted by Gasteiger charge is -2.03. The normalized spacial score (nSPS) is 10.3. The summed E-state index contributed by atoms with van der Waals surface area (Å²) in [5, 5.41) is 6.09. The number of hydrogen-bond donors (Lipinski definition) is 2. The first kappa shape index (κ1) is 12.7. The summed E-state index contributed by atoms with van der Waals surface area (Å²) < 4.78 is 0.986. The number of nitrogens with one attached hydrogen (secondary N) is 2. The van der Waals surface area contributed by atoms with Crippen LogP contribution in [0.3, 0.4) is 0 Å². The SMILES string of the molecule is CCNCCCNC(=O)c1ccc(Br)s1. The number of rotatable bonds is 6. The average molecular weight is 291 g/mol. The molecule has 1 aromatic heterocycles. The second-order valence-electron chi connectivity index (χ2n) is 3.07. The van der Waals surface area contributed by atoms with Gasteiger partial charge in [0.2, 0.25) is 0 Å². The molecule has 1 amide bonds. The molecule has 0 saturated heterocycles. The zero-order valence-corrected chi connectivity index (χ0v) is 11.1. The lowest BCUT2D eigenvalue weighted by molar-refractivity contribution is 0.0957. The van der Waals surface area contributed by atoms with Crippen LogP contribution in [0.2, 0.25) is 0 Å². The first-order valence-electron chi connectivity index (χ1n) is 4.98. The second kappa shape index (κ2) is 6.98. The summed E-state index contributed by atoms with van der Waals surface area (Å²) >= 11 is 4.78. The van der Waals surface area contributed by atoms with Crippen molar-refractivity contribution < 1.29 is 4.79 Å². The molecule has 5 heteroatoms. The van der Waals surface area contributed by atoms with Crippen LogP contribution in [0.4, 0.5) is 0 Å². The van der Waals surface area contributed by atoms with E-state index in [0.29, 0.717) is 0 Å². The standard InChI is InChI=1S/C10H15BrN2OS/c1-2-12-6-3-7-13-10(14)8-4-5-9(11)15-8/h4-5,12H,2-3,6-7H2,1H3,(H,13,14). The molecular weight excluding hydrogens is 276 g/mol. The van der Waals surface area contributed by atoms with E-state index < -0.39 is 0 Å². The maximum Gasteiger partial charge on any atom is 0.261 e. The van der Waals surface area contributed by atoms with Crippen molar-refractivity contribution in [3.8, 4) is 0 Å². The molecule has 0 unspecified atom stereocenters. The highest BCUT2D eigenvalue weighted by molar-refractivity contribution is 9.11. The Bertz CT molecular complexity index is 314. The van der Waals surface area contributed by atoms with E-state index >= 15 is 0 Å². The van der Waals surface area contributed by atoms with Crippen LogP contribution in [-0.4, -0.2) is 25.5 Å². The first-order valence-corrected chi connectivity index (χ1v) is 6.59. The molecular formula is C10H15BrN2OS. The van der Waals surface area contributed by atoms with Crippen molar-refractivity contribution in [2.45, 2.75) is 13.3 Å². The summed E-state index contributed by atoms with van der Waals surface area (Å²) in [5.74, 6) is 0.0159. The van der Waals surface area contributed by atoms with Gasteiger partial charge >= 0.3 is 0 Å². The van der Waals surface area contributed by atoms with E-state index in [1.807, 2.05) is 12.1 Å². The van der Waals surface area contributed by atoms with Crippen molar-refractivity contribution in [2.75, 3.05) is 19.6 Å². The summed E-state index contributed by atoms with van der Waals surface area (Å²) in [4.78, 5) is 12.3. The fourth-order valence-electron chi connectivity index (χ4n) is 1.12. The molecule has 0 aliphatic carbocycles. The largest absolute Gasteiger partial charge is 0.351 e. The van der Waals surface area contributed by atoms with Crippen LogP contribution in [0, 0.1) is 0 Å². The van der Waals surface area contributed by atoms with Gasteiger partial charge in [0.05, 0.1) is 8.66 Å². The third-order valence-corrected chi connectivity index (χ3v) is 3.49. The summed E-state index contributed by atoms with van der Waals surface area (Å²) in [6, 6.07) is 3.71. The molecule has 15 heavy (non-hydrogen) atoms. The van der Waals surface area contributed by atoms with Gasteiger partial charge in [0, 0.05) is 6.54 Å². The maximum atomic E-state index is 11.5. The number of thiophene rings is 1. The zero-order valence-electron chi connectivity index (χ0n) is 8.68. The zero-order chi connectivity index (χ0) is 11.1. The van der Waals surface area contributed by atoms with E-state index in [-0.39, 0.29) is 5.91 Å². The lowest BCUT2D eigenvalue weighted by atomic mass is 10.4. The highest BCUT2D eigenvalue weighted by atomic mass is 79.9. The number of carbonyl (C=O) groups is 1. The Balaban J connectivity index is 2.19. The van der Waals surface area contributed by atoms with Crippen molar-refractivity contribution in [3.05, 3.63) is 20.8 Å². The third-order valence-electron chi connectivity index (χ3n) is 1.86. The maximum absolute atomic E-state index is 11.5. The van der Waals surface area contributed by atoms with Gasteiger partial charge in [0.15, 0.2) is 0 Å². The van der Waals surface area contributed by atoms with Gasteiger partial charge in [-0.1, -0.05) is 6.92 Å². The minimum absolute atomic E-state index is 0.0159. The highest BCUT2D eigenvalue weighted by Crippen LogP contribution is 2.21. The van der Waals surface area contributed by atoms with E-state index in [1.165, 1.54) is 11.3 Å². The van der Waals surface area contributed by atoms with Crippen LogP contribution in [0.25, 0.3) is 0 Å². The molecule has 1 rings (SSSR count). The second-order valence-corrected chi connectivity index (χ2v) is 5.53. The van der Waals surface area contributed by atoms with Gasteiger partial charge in [0.1, 0.15) is 0 Å². The molecule has 0 saturated carbocycles. The smallest absolute Gasteiger partial charge is 0.261 e. The van der Waals surface area contributed by atoms with Crippen molar-refractivity contribution >= 4 is 33.2 Å². The molecule has 0 spiro atoms. The molecule has 0 aromatic carbocycles. The minimum atomic E-state index is 0.0159. The van der Waals surface area contributed by atoms with Crippen LogP contribution in [0.15, 0.2) is 15.9 Å². The van der Waals surface area contributed by atoms with Gasteiger partial charge in [-0.05, 0) is 47.6 Å². The molecule has 0 aliphatic heterocycles. The topological polar surface area (TPSA) is 41.1 Å². The van der Waals surface area contributed by atoms with Crippen LogP contribution in [-0.2, 0) is 0 Å². The summed E-state index contributed by atoms with van der Waals surface area (Å²) in [5.41, 5.74) is 0. The molecule has 0 bridgehead atoms. The number of amides is 1. The quantitative estimate of drug-likeness (QED) is 0.789. The van der Waals surface area contributed by atoms with Gasteiger partial charge in [-0.25, -0.2) is 0 Å². The Morgan fingerprint density at radius 3 is 2.87 bits per heavy atom. The van der Waals surface area contributed by atoms with Gasteiger partial charge in [-0.2, -0.15) is 0 Å². The van der Waals surface area contributed by atoms with E-state index in [1.54, 1.807) is 0 Å². The van der Waals surface area contributed by atoms with Gasteiger partial charge in [-0.15, -0.1) is 11.3 Å². The molecule has 0 aliphatic rings. The molecule has 0 fully saturated rings. The van der Waals surface area contributed by atoms with Crippen molar-refractivity contribution in [1.29, 1.82) is 0 Å². The van der Waals surface area contributed by atoms with Crippen molar-refractivity contribution in [2.24, 2.45) is 0 Å². The van der Waals surface area contributed by atoms with Crippen LogP contribution >= 0.6 is 27.3 Å². The Labute approximate surface area is 102 Å². The van der Waals surface area contributed by atoms with Crippen LogP contribution in [0.5, 0.6) is 0 Å². The minimum Gasteiger partial charge on any atom is -0.351 e. The molecule has 3 nitrogen and oxygen atoms in total. The Morgan fingerprint density at radius 2 is 2.27 bits per heavy atom. The van der Waals surface area contributed by atoms with Crippen molar-refractivity contribution in [1.82, 2.24) is 10.6 Å². The average Bonchev–Trinajstić information content (AvgIpc) is 2.64. The Hall–Kier alpha value is -0.390. The van der Waals surface area contributed by atoms with Gasteiger partial charge in [-0.3, -0.25) is 4.79 Å². The Kier molecular flexibility index (Phi) is 5.90. The molecule has 0 radical (unpaired) electrons. The van der Waals surface area contributed by atoms with Gasteiger partial charge in [0.25, 0.3) is 5.91 Å². The predicted molar refractivity (Wildman–Crippen MR) is 67.5 cm³/mol. The summed E-state index contributed by atoms with van der Waals surface area (Å²) in [6.45, 7) is 4.72. The number of halogens is 1. The van der Waals surface area contributed by atoms with E-state index in [4.69, 9.17) is 0 Å². The first-order chi connectivity index (χ1) is 7.24. The van der Waals surface area contributed by atoms with Crippen molar-refractivity contribution in [3.63, 3.8) is 0 Å². The summed E-state index contributed by atoms with van der Waals surface area (Å²) in [7, 11) is 0. The van der Waals surface area contributed by atoms with Crippen LogP contribution < -0.4 is 10.6 Å².